The molecule has 0 amide bonds. The summed E-state index contributed by atoms with van der Waals surface area (Å²) >= 11 is 2.15. The molecule has 0 aliphatic carbocycles. The molecule has 0 aromatic heterocycles. The van der Waals surface area contributed by atoms with E-state index in [1.54, 1.807) is 0 Å². The van der Waals surface area contributed by atoms with E-state index in [1.165, 1.54) is 38.1 Å². The summed E-state index contributed by atoms with van der Waals surface area (Å²) in [6, 6.07) is 0.727. The normalized spacial score (nSPS) is 35.1. The van der Waals surface area contributed by atoms with E-state index in [0.717, 1.165) is 6.04 Å². The lowest BCUT2D eigenvalue weighted by Gasteiger charge is -2.45. The van der Waals surface area contributed by atoms with Gasteiger partial charge in [0.1, 0.15) is 0 Å². The van der Waals surface area contributed by atoms with Crippen LogP contribution in [0.15, 0.2) is 0 Å². The molecule has 0 bridgehead atoms. The Labute approximate surface area is 85.4 Å². The van der Waals surface area contributed by atoms with Gasteiger partial charge in [-0.1, -0.05) is 0 Å². The van der Waals surface area contributed by atoms with Crippen LogP contribution in [0.4, 0.5) is 0 Å². The Morgan fingerprint density at radius 1 is 1.38 bits per heavy atom. The molecule has 1 atom stereocenters. The van der Waals surface area contributed by atoms with E-state index in [2.05, 4.69) is 35.9 Å². The van der Waals surface area contributed by atoms with Crippen molar-refractivity contribution in [2.75, 3.05) is 25.9 Å². The summed E-state index contributed by atoms with van der Waals surface area (Å²) in [5.74, 6) is 1.35. The zero-order valence-electron chi connectivity index (χ0n) is 8.68. The van der Waals surface area contributed by atoms with Crippen molar-refractivity contribution in [3.63, 3.8) is 0 Å². The Morgan fingerprint density at radius 2 is 2.08 bits per heavy atom. The summed E-state index contributed by atoms with van der Waals surface area (Å²) in [4.78, 5) is 2.87. The maximum atomic E-state index is 3.79. The van der Waals surface area contributed by atoms with Crippen LogP contribution in [0.2, 0.25) is 0 Å². The molecule has 2 rings (SSSR count). The largest absolute Gasteiger partial charge is 0.306 e. The molecule has 1 unspecified atom stereocenters. The Kier molecular flexibility index (Phi) is 2.86. The molecular weight excluding hydrogens is 180 g/mol. The van der Waals surface area contributed by atoms with Gasteiger partial charge in [-0.2, -0.15) is 0 Å². The molecule has 2 aliphatic heterocycles. The van der Waals surface area contributed by atoms with E-state index < -0.39 is 0 Å². The van der Waals surface area contributed by atoms with Crippen LogP contribution in [0.25, 0.3) is 0 Å². The highest BCUT2D eigenvalue weighted by molar-refractivity contribution is 8.00. The molecule has 1 spiro atoms. The van der Waals surface area contributed by atoms with Crippen LogP contribution < -0.4 is 5.32 Å². The molecule has 0 saturated carbocycles. The number of rotatable bonds is 0. The number of piperidine rings is 1. The topological polar surface area (TPSA) is 15.3 Å². The first-order valence-corrected chi connectivity index (χ1v) is 6.29. The van der Waals surface area contributed by atoms with Crippen LogP contribution in [0, 0.1) is 0 Å². The van der Waals surface area contributed by atoms with Crippen molar-refractivity contribution in [1.82, 2.24) is 10.2 Å². The fourth-order valence-corrected chi connectivity index (χ4v) is 3.88. The lowest BCUT2D eigenvalue weighted by atomic mass is 10.0. The third kappa shape index (κ3) is 2.20. The van der Waals surface area contributed by atoms with Gasteiger partial charge in [0, 0.05) is 19.1 Å². The number of nitrogens with zero attached hydrogens (tertiary/aromatic N) is 1. The molecule has 0 aromatic carbocycles. The van der Waals surface area contributed by atoms with Crippen molar-refractivity contribution in [3.05, 3.63) is 0 Å². The molecule has 2 saturated heterocycles. The van der Waals surface area contributed by atoms with Crippen LogP contribution in [-0.4, -0.2) is 41.7 Å². The van der Waals surface area contributed by atoms with Crippen molar-refractivity contribution in [1.29, 1.82) is 0 Å². The van der Waals surface area contributed by atoms with Crippen molar-refractivity contribution in [2.45, 2.75) is 37.1 Å². The molecule has 2 aliphatic rings. The summed E-state index contributed by atoms with van der Waals surface area (Å²) in [7, 11) is 2.23. The number of likely N-dealkylation sites (tertiary alicyclic amines) is 1. The molecule has 0 aromatic rings. The predicted molar refractivity (Wildman–Crippen MR) is 59.1 cm³/mol. The lowest BCUT2D eigenvalue weighted by Crippen LogP contribution is -2.55. The van der Waals surface area contributed by atoms with E-state index in [9.17, 15) is 0 Å². The molecule has 76 valence electrons. The fourth-order valence-electron chi connectivity index (χ4n) is 2.26. The Hall–Kier alpha value is 0.270. The van der Waals surface area contributed by atoms with Crippen LogP contribution in [0.1, 0.15) is 26.2 Å². The molecule has 2 nitrogen and oxygen atoms in total. The Bertz CT molecular complexity index is 176. The molecular formula is C10H20N2S. The highest BCUT2D eigenvalue weighted by Crippen LogP contribution is 2.37. The van der Waals surface area contributed by atoms with Crippen LogP contribution in [0.3, 0.4) is 0 Å². The van der Waals surface area contributed by atoms with Gasteiger partial charge in [0.2, 0.25) is 0 Å². The van der Waals surface area contributed by atoms with Gasteiger partial charge >= 0.3 is 0 Å². The monoisotopic (exact) mass is 200 g/mol. The zero-order valence-corrected chi connectivity index (χ0v) is 9.49. The average molecular weight is 200 g/mol. The summed E-state index contributed by atoms with van der Waals surface area (Å²) in [6.45, 7) is 4.83. The maximum Gasteiger partial charge on any atom is 0.0671 e. The van der Waals surface area contributed by atoms with E-state index in [-0.39, 0.29) is 0 Å². The van der Waals surface area contributed by atoms with Gasteiger partial charge < -0.3 is 10.2 Å². The highest BCUT2D eigenvalue weighted by atomic mass is 32.2. The maximum absolute atomic E-state index is 3.79. The van der Waals surface area contributed by atoms with Gasteiger partial charge in [0.05, 0.1) is 4.87 Å². The lowest BCUT2D eigenvalue weighted by molar-refractivity contribution is 0.202. The van der Waals surface area contributed by atoms with Crippen molar-refractivity contribution in [2.24, 2.45) is 0 Å². The second-order valence-electron chi connectivity index (χ2n) is 4.48. The predicted octanol–water partition coefficient (Wildman–Crippen LogP) is 1.52. The first kappa shape index (κ1) is 9.81. The van der Waals surface area contributed by atoms with Gasteiger partial charge in [0.15, 0.2) is 0 Å². The minimum Gasteiger partial charge on any atom is -0.306 e. The molecule has 1 N–H and O–H groups in total. The van der Waals surface area contributed by atoms with Gasteiger partial charge in [-0.3, -0.25) is 0 Å². The van der Waals surface area contributed by atoms with E-state index in [0.29, 0.717) is 4.87 Å². The minimum atomic E-state index is 0.435. The third-order valence-corrected chi connectivity index (χ3v) is 4.75. The molecule has 13 heavy (non-hydrogen) atoms. The second-order valence-corrected chi connectivity index (χ2v) is 5.96. The van der Waals surface area contributed by atoms with Gasteiger partial charge in [-0.25, -0.2) is 0 Å². The molecule has 3 heteroatoms. The number of thioether (sulfide) groups is 1. The van der Waals surface area contributed by atoms with Crippen LogP contribution in [0.5, 0.6) is 0 Å². The summed E-state index contributed by atoms with van der Waals surface area (Å²) in [6.07, 6.45) is 3.97. The van der Waals surface area contributed by atoms with Crippen LogP contribution >= 0.6 is 11.8 Å². The fraction of sp³-hybridized carbons (Fsp3) is 1.00. The first-order valence-electron chi connectivity index (χ1n) is 5.30. The molecule has 2 heterocycles. The molecule has 2 fully saturated rings. The summed E-state index contributed by atoms with van der Waals surface area (Å²) in [5, 5.41) is 3.79. The third-order valence-electron chi connectivity index (χ3n) is 3.23. The molecule has 0 radical (unpaired) electrons. The second kappa shape index (κ2) is 3.79. The van der Waals surface area contributed by atoms with Crippen LogP contribution in [-0.2, 0) is 0 Å². The van der Waals surface area contributed by atoms with Crippen molar-refractivity contribution >= 4 is 11.8 Å². The first-order chi connectivity index (χ1) is 6.20. The average Bonchev–Trinajstić information content (AvgIpc) is 2.11. The van der Waals surface area contributed by atoms with Gasteiger partial charge in [-0.15, -0.1) is 11.8 Å². The Balaban J connectivity index is 1.95. The van der Waals surface area contributed by atoms with Gasteiger partial charge in [-0.05, 0) is 39.0 Å². The van der Waals surface area contributed by atoms with Gasteiger partial charge in [0.25, 0.3) is 0 Å². The number of hydrogen-bond acceptors (Lipinski definition) is 3. The zero-order chi connectivity index (χ0) is 9.31. The highest BCUT2D eigenvalue weighted by Gasteiger charge is 2.37. The summed E-state index contributed by atoms with van der Waals surface area (Å²) in [5.41, 5.74) is 0. The quantitative estimate of drug-likeness (QED) is 0.638. The van der Waals surface area contributed by atoms with E-state index in [1.807, 2.05) is 0 Å². The summed E-state index contributed by atoms with van der Waals surface area (Å²) < 4.78 is 0. The number of hydrogen-bond donors (Lipinski definition) is 1. The van der Waals surface area contributed by atoms with Crippen molar-refractivity contribution in [3.8, 4) is 0 Å². The van der Waals surface area contributed by atoms with E-state index in [4.69, 9.17) is 0 Å². The number of nitrogens with one attached hydrogen (secondary N) is 1. The standard InChI is InChI=1S/C10H20N2S/c1-9-3-8-13-10(11-9)4-6-12(2)7-5-10/h9,11H,3-8H2,1-2H3. The van der Waals surface area contributed by atoms with E-state index >= 15 is 0 Å². The smallest absolute Gasteiger partial charge is 0.0671 e. The minimum absolute atomic E-state index is 0.435. The van der Waals surface area contributed by atoms with Crippen molar-refractivity contribution < 1.29 is 0 Å². The SMILES string of the molecule is CC1CCSC2(CCN(C)CC2)N1. The Morgan fingerprint density at radius 3 is 2.69 bits per heavy atom.